The molecule has 1 aliphatic heterocycles. The zero-order chi connectivity index (χ0) is 15.5. The average molecular weight is 364 g/mol. The molecule has 0 saturated carbocycles. The summed E-state index contributed by atoms with van der Waals surface area (Å²) < 4.78 is 6.01. The maximum Gasteiger partial charge on any atom is 0.232 e. The maximum atomic E-state index is 5.24. The molecule has 0 radical (unpaired) electrons. The Balaban J connectivity index is 1.69. The van der Waals surface area contributed by atoms with Crippen molar-refractivity contribution in [3.05, 3.63) is 34.7 Å². The van der Waals surface area contributed by atoms with Crippen molar-refractivity contribution < 1.29 is 4.74 Å². The molecule has 0 atom stereocenters. The van der Waals surface area contributed by atoms with Gasteiger partial charge in [0.1, 0.15) is 0 Å². The van der Waals surface area contributed by atoms with Crippen LogP contribution in [0.1, 0.15) is 5.69 Å². The van der Waals surface area contributed by atoms with Gasteiger partial charge in [-0.25, -0.2) is 4.98 Å². The van der Waals surface area contributed by atoms with Gasteiger partial charge in [0.2, 0.25) is 11.8 Å². The summed E-state index contributed by atoms with van der Waals surface area (Å²) in [4.78, 5) is 17.6. The van der Waals surface area contributed by atoms with Crippen LogP contribution >= 0.6 is 15.9 Å². The lowest BCUT2D eigenvalue weighted by atomic mass is 10.2. The van der Waals surface area contributed by atoms with E-state index in [0.29, 0.717) is 11.8 Å². The fourth-order valence-electron chi connectivity index (χ4n) is 2.53. The summed E-state index contributed by atoms with van der Waals surface area (Å²) in [6.45, 7) is 5.65. The quantitative estimate of drug-likeness (QED) is 0.833. The maximum absolute atomic E-state index is 5.24. The van der Waals surface area contributed by atoms with Gasteiger partial charge in [0.25, 0.3) is 0 Å². The van der Waals surface area contributed by atoms with Crippen LogP contribution in [0, 0.1) is 6.92 Å². The number of ether oxygens (including phenoxy) is 1. The van der Waals surface area contributed by atoms with Crippen molar-refractivity contribution in [1.82, 2.24) is 15.0 Å². The number of rotatable bonds is 3. The fraction of sp³-hybridized carbons (Fsp3) is 0.400. The summed E-state index contributed by atoms with van der Waals surface area (Å²) in [7, 11) is 1.61. The smallest absolute Gasteiger partial charge is 0.232 e. The summed E-state index contributed by atoms with van der Waals surface area (Å²) >= 11 is 3.38. The Morgan fingerprint density at radius 1 is 1.14 bits per heavy atom. The minimum absolute atomic E-state index is 0.567. The number of anilines is 2. The van der Waals surface area contributed by atoms with Crippen molar-refractivity contribution in [2.75, 3.05) is 43.1 Å². The van der Waals surface area contributed by atoms with E-state index < -0.39 is 0 Å². The number of pyridine rings is 1. The second-order valence-electron chi connectivity index (χ2n) is 5.16. The molecule has 0 amide bonds. The van der Waals surface area contributed by atoms with E-state index >= 15 is 0 Å². The highest BCUT2D eigenvalue weighted by Crippen LogP contribution is 2.24. The Bertz CT molecular complexity index is 658. The summed E-state index contributed by atoms with van der Waals surface area (Å²) in [5.74, 6) is 1.28. The van der Waals surface area contributed by atoms with E-state index in [2.05, 4.69) is 52.8 Å². The highest BCUT2D eigenvalue weighted by atomic mass is 79.9. The number of hydrogen-bond acceptors (Lipinski definition) is 6. The third kappa shape index (κ3) is 3.14. The van der Waals surface area contributed by atoms with Crippen LogP contribution in [0.5, 0.6) is 5.88 Å². The molecular weight excluding hydrogens is 346 g/mol. The molecule has 3 heterocycles. The molecule has 0 aromatic carbocycles. The van der Waals surface area contributed by atoms with Gasteiger partial charge in [-0.05, 0) is 35.0 Å². The fourth-order valence-corrected chi connectivity index (χ4v) is 2.88. The Labute approximate surface area is 138 Å². The van der Waals surface area contributed by atoms with E-state index in [1.54, 1.807) is 13.3 Å². The minimum atomic E-state index is 0.567. The van der Waals surface area contributed by atoms with Crippen molar-refractivity contribution in [3.8, 4) is 5.88 Å². The third-order valence-corrected chi connectivity index (χ3v) is 4.24. The first-order chi connectivity index (χ1) is 10.7. The topological polar surface area (TPSA) is 54.4 Å². The van der Waals surface area contributed by atoms with Gasteiger partial charge in [-0.3, -0.25) is 4.98 Å². The molecule has 0 bridgehead atoms. The number of hydrogen-bond donors (Lipinski definition) is 0. The summed E-state index contributed by atoms with van der Waals surface area (Å²) in [6, 6.07) is 4.18. The molecule has 1 saturated heterocycles. The SMILES string of the molecule is COc1nc(N2CCN(c3ccnc(C)c3)CC2)ncc1Br. The van der Waals surface area contributed by atoms with Gasteiger partial charge in [0, 0.05) is 43.8 Å². The van der Waals surface area contributed by atoms with Crippen LogP contribution in [0.4, 0.5) is 11.6 Å². The Morgan fingerprint density at radius 3 is 2.55 bits per heavy atom. The first-order valence-corrected chi connectivity index (χ1v) is 7.96. The van der Waals surface area contributed by atoms with Crippen LogP contribution < -0.4 is 14.5 Å². The van der Waals surface area contributed by atoms with Gasteiger partial charge in [0.15, 0.2) is 0 Å². The zero-order valence-electron chi connectivity index (χ0n) is 12.7. The lowest BCUT2D eigenvalue weighted by Gasteiger charge is -2.36. The van der Waals surface area contributed by atoms with Crippen LogP contribution in [-0.4, -0.2) is 48.2 Å². The molecule has 1 aliphatic rings. The van der Waals surface area contributed by atoms with Crippen LogP contribution in [0.3, 0.4) is 0 Å². The second-order valence-corrected chi connectivity index (χ2v) is 6.01. The molecule has 6 nitrogen and oxygen atoms in total. The predicted molar refractivity (Wildman–Crippen MR) is 89.7 cm³/mol. The molecule has 3 rings (SSSR count). The molecule has 1 fully saturated rings. The number of piperazine rings is 1. The largest absolute Gasteiger partial charge is 0.480 e. The Kier molecular flexibility index (Phi) is 4.42. The van der Waals surface area contributed by atoms with E-state index in [1.807, 2.05) is 13.1 Å². The van der Waals surface area contributed by atoms with Crippen LogP contribution in [0.15, 0.2) is 29.0 Å². The number of methoxy groups -OCH3 is 1. The lowest BCUT2D eigenvalue weighted by Crippen LogP contribution is -2.47. The molecule has 0 N–H and O–H groups in total. The van der Waals surface area contributed by atoms with E-state index in [9.17, 15) is 0 Å². The van der Waals surface area contributed by atoms with Gasteiger partial charge < -0.3 is 14.5 Å². The summed E-state index contributed by atoms with van der Waals surface area (Å²) in [6.07, 6.45) is 3.60. The first-order valence-electron chi connectivity index (χ1n) is 7.16. The molecule has 0 spiro atoms. The second kappa shape index (κ2) is 6.48. The van der Waals surface area contributed by atoms with E-state index in [0.717, 1.165) is 36.3 Å². The van der Waals surface area contributed by atoms with E-state index in [4.69, 9.17) is 4.74 Å². The first kappa shape index (κ1) is 15.0. The molecule has 2 aromatic heterocycles. The average Bonchev–Trinajstić information content (AvgIpc) is 2.55. The third-order valence-electron chi connectivity index (χ3n) is 3.70. The van der Waals surface area contributed by atoms with E-state index in [-0.39, 0.29) is 0 Å². The molecule has 0 unspecified atom stereocenters. The van der Waals surface area contributed by atoms with Gasteiger partial charge in [-0.15, -0.1) is 0 Å². The molecule has 0 aliphatic carbocycles. The van der Waals surface area contributed by atoms with Crippen molar-refractivity contribution in [1.29, 1.82) is 0 Å². The molecule has 22 heavy (non-hydrogen) atoms. The van der Waals surface area contributed by atoms with Gasteiger partial charge >= 0.3 is 0 Å². The standard InChI is InChI=1S/C15H18BrN5O/c1-11-9-12(3-4-17-11)20-5-7-21(8-6-20)15-18-10-13(16)14(19-15)22-2/h3-4,9-10H,5-8H2,1-2H3. The van der Waals surface area contributed by atoms with Crippen LogP contribution in [0.2, 0.25) is 0 Å². The van der Waals surface area contributed by atoms with Crippen molar-refractivity contribution in [2.24, 2.45) is 0 Å². The van der Waals surface area contributed by atoms with Gasteiger partial charge in [-0.2, -0.15) is 4.98 Å². The summed E-state index contributed by atoms with van der Waals surface area (Å²) in [5, 5.41) is 0. The van der Waals surface area contributed by atoms with Gasteiger partial charge in [0.05, 0.1) is 17.8 Å². The highest BCUT2D eigenvalue weighted by Gasteiger charge is 2.20. The number of aromatic nitrogens is 3. The van der Waals surface area contributed by atoms with Crippen LogP contribution in [0.25, 0.3) is 0 Å². The summed E-state index contributed by atoms with van der Waals surface area (Å²) in [5.41, 5.74) is 2.27. The Morgan fingerprint density at radius 2 is 1.86 bits per heavy atom. The molecule has 116 valence electrons. The zero-order valence-corrected chi connectivity index (χ0v) is 14.2. The Hall–Kier alpha value is -1.89. The van der Waals surface area contributed by atoms with Crippen molar-refractivity contribution >= 4 is 27.6 Å². The molecular formula is C15H18BrN5O. The van der Waals surface area contributed by atoms with Crippen LogP contribution in [-0.2, 0) is 0 Å². The lowest BCUT2D eigenvalue weighted by molar-refractivity contribution is 0.393. The highest BCUT2D eigenvalue weighted by molar-refractivity contribution is 9.10. The number of aryl methyl sites for hydroxylation is 1. The van der Waals surface area contributed by atoms with Crippen molar-refractivity contribution in [3.63, 3.8) is 0 Å². The number of halogens is 1. The minimum Gasteiger partial charge on any atom is -0.480 e. The normalized spacial score (nSPS) is 15.0. The van der Waals surface area contributed by atoms with Crippen molar-refractivity contribution in [2.45, 2.75) is 6.92 Å². The van der Waals surface area contributed by atoms with Gasteiger partial charge in [-0.1, -0.05) is 0 Å². The number of nitrogens with zero attached hydrogens (tertiary/aromatic N) is 5. The molecule has 7 heteroatoms. The predicted octanol–water partition coefficient (Wildman–Crippen LogP) is 2.28. The monoisotopic (exact) mass is 363 g/mol. The molecule has 2 aromatic rings. The van der Waals surface area contributed by atoms with E-state index in [1.165, 1.54) is 5.69 Å².